The van der Waals surface area contributed by atoms with Crippen LogP contribution in [-0.2, 0) is 46.0 Å². The smallest absolute Gasteiger partial charge is 0.334 e. The molecule has 0 aromatic rings. The van der Waals surface area contributed by atoms with Crippen molar-refractivity contribution in [2.75, 3.05) is 26.4 Å². The average Bonchev–Trinajstić information content (AvgIpc) is 2.17. The van der Waals surface area contributed by atoms with Crippen molar-refractivity contribution >= 4 is 37.1 Å². The summed E-state index contributed by atoms with van der Waals surface area (Å²) < 4.78 is 26.9. The molecular formula is C8H22O6P2S2. The van der Waals surface area contributed by atoms with Gasteiger partial charge in [0.1, 0.15) is 0 Å². The molecule has 6 nitrogen and oxygen atoms in total. The predicted octanol–water partition coefficient (Wildman–Crippen LogP) is 2.77. The third-order valence-corrected chi connectivity index (χ3v) is 7.71. The van der Waals surface area contributed by atoms with Gasteiger partial charge in [0, 0.05) is 0 Å². The Bertz CT molecular complexity index is 253. The van der Waals surface area contributed by atoms with Gasteiger partial charge in [-0.15, -0.1) is 0 Å². The zero-order chi connectivity index (χ0) is 13.4. The second-order valence-corrected chi connectivity index (χ2v) is 8.81. The van der Waals surface area contributed by atoms with E-state index in [0.717, 1.165) is 0 Å². The molecule has 0 bridgehead atoms. The van der Waals surface area contributed by atoms with Crippen LogP contribution in [-0.4, -0.2) is 31.9 Å². The Morgan fingerprint density at radius 3 is 1.06 bits per heavy atom. The fourth-order valence-corrected chi connectivity index (χ4v) is 7.30. The molecule has 0 atom stereocenters. The van der Waals surface area contributed by atoms with E-state index in [0.29, 0.717) is 26.4 Å². The van der Waals surface area contributed by atoms with Crippen LogP contribution in [0.2, 0.25) is 0 Å². The molecule has 0 aliphatic rings. The van der Waals surface area contributed by atoms with E-state index in [1.165, 1.54) is 0 Å². The van der Waals surface area contributed by atoms with Crippen molar-refractivity contribution in [3.8, 4) is 0 Å². The van der Waals surface area contributed by atoms with Crippen molar-refractivity contribution in [3.63, 3.8) is 0 Å². The highest BCUT2D eigenvalue weighted by atomic mass is 32.5. The normalized spacial score (nSPS) is 12.2. The Morgan fingerprint density at radius 2 is 0.889 bits per heavy atom. The second kappa shape index (κ2) is 10.8. The van der Waals surface area contributed by atoms with E-state index in [-0.39, 0.29) is 5.48 Å². The molecule has 18 heavy (non-hydrogen) atoms. The Morgan fingerprint density at radius 1 is 0.667 bits per heavy atom. The summed E-state index contributed by atoms with van der Waals surface area (Å²) in [7, 11) is 0. The lowest BCUT2D eigenvalue weighted by Crippen LogP contribution is -2.03. The van der Waals surface area contributed by atoms with Crippen LogP contribution in [0.1, 0.15) is 27.7 Å². The molecule has 112 valence electrons. The van der Waals surface area contributed by atoms with Gasteiger partial charge in [0.2, 0.25) is 0 Å². The zero-order valence-electron chi connectivity index (χ0n) is 11.1. The van der Waals surface area contributed by atoms with Crippen LogP contribution in [0.15, 0.2) is 0 Å². The Hall–Kier alpha value is 1.06. The fourth-order valence-electron chi connectivity index (χ4n) is 0.924. The molecule has 0 fully saturated rings. The number of hydrogen-bond acceptors (Lipinski definition) is 7. The molecule has 0 saturated carbocycles. The first-order valence-corrected chi connectivity index (χ1v) is 10.6. The Kier molecular flexibility index (Phi) is 12.8. The van der Waals surface area contributed by atoms with Gasteiger partial charge in [-0.2, -0.15) is 0 Å². The third kappa shape index (κ3) is 8.27. The maximum Gasteiger partial charge on any atom is 0.334 e. The predicted molar refractivity (Wildman–Crippen MR) is 79.8 cm³/mol. The van der Waals surface area contributed by atoms with Crippen LogP contribution < -0.4 is 0 Å². The minimum atomic E-state index is -2.87. The van der Waals surface area contributed by atoms with Crippen LogP contribution in [0.5, 0.6) is 0 Å². The van der Waals surface area contributed by atoms with Crippen molar-refractivity contribution in [2.45, 2.75) is 27.7 Å². The van der Waals surface area contributed by atoms with E-state index >= 15 is 0 Å². The van der Waals surface area contributed by atoms with E-state index in [1.807, 2.05) is 27.7 Å². The maximum atomic E-state index is 5.55. The summed E-state index contributed by atoms with van der Waals surface area (Å²) >= 11 is 10.4. The molecule has 0 radical (unpaired) electrons. The average molecular weight is 340 g/mol. The van der Waals surface area contributed by atoms with Crippen LogP contribution in [0.3, 0.4) is 0 Å². The first-order chi connectivity index (χ1) is 7.95. The van der Waals surface area contributed by atoms with Crippen molar-refractivity contribution < 1.29 is 27.9 Å². The van der Waals surface area contributed by atoms with Gasteiger partial charge in [-0.3, -0.25) is 0 Å². The minimum absolute atomic E-state index is 0. The van der Waals surface area contributed by atoms with Gasteiger partial charge in [-0.05, 0) is 51.3 Å². The van der Waals surface area contributed by atoms with Gasteiger partial charge >= 0.3 is 13.4 Å². The van der Waals surface area contributed by atoms with Gasteiger partial charge in [-0.25, -0.2) is 4.31 Å². The summed E-state index contributed by atoms with van der Waals surface area (Å²) in [5.74, 6) is 0. The van der Waals surface area contributed by atoms with E-state index in [9.17, 15) is 0 Å². The Labute approximate surface area is 119 Å². The van der Waals surface area contributed by atoms with Crippen molar-refractivity contribution in [1.29, 1.82) is 0 Å². The molecule has 0 spiro atoms. The summed E-state index contributed by atoms with van der Waals surface area (Å²) in [6.07, 6.45) is 0. The largest absolute Gasteiger partial charge is 0.412 e. The van der Waals surface area contributed by atoms with Crippen LogP contribution in [0.4, 0.5) is 0 Å². The minimum Gasteiger partial charge on any atom is -0.412 e. The SMILES string of the molecule is CCOP(=S)(OCC)OP(=S)(OCC)OCC.O. The molecule has 2 N–H and O–H groups in total. The fraction of sp³-hybridized carbons (Fsp3) is 1.00. The standard InChI is InChI=1S/C8H20O5P2S2.H2O/c1-5-9-14(16,10-6-2)13-15(17,11-7-3)12-8-4;/h5-8H2,1-4H3;1H2. The van der Waals surface area contributed by atoms with Gasteiger partial charge in [0.15, 0.2) is 0 Å². The molecule has 10 heteroatoms. The highest BCUT2D eigenvalue weighted by Crippen LogP contribution is 2.66. The van der Waals surface area contributed by atoms with Gasteiger partial charge in [0.05, 0.1) is 26.4 Å². The number of rotatable bonds is 10. The molecule has 0 amide bonds. The lowest BCUT2D eigenvalue weighted by atomic mass is 10.9. The highest BCUT2D eigenvalue weighted by Gasteiger charge is 2.31. The topological polar surface area (TPSA) is 77.7 Å². The molecule has 0 saturated heterocycles. The summed E-state index contributed by atoms with van der Waals surface area (Å²) in [5.41, 5.74) is 0. The maximum absolute atomic E-state index is 5.55. The zero-order valence-corrected chi connectivity index (χ0v) is 14.5. The number of hydrogen-bond donors (Lipinski definition) is 0. The quantitative estimate of drug-likeness (QED) is 0.566. The van der Waals surface area contributed by atoms with E-state index in [4.69, 9.17) is 46.0 Å². The van der Waals surface area contributed by atoms with Crippen LogP contribution in [0, 0.1) is 0 Å². The van der Waals surface area contributed by atoms with Gasteiger partial charge < -0.3 is 23.6 Å². The van der Waals surface area contributed by atoms with Crippen molar-refractivity contribution in [2.24, 2.45) is 0 Å². The van der Waals surface area contributed by atoms with Crippen molar-refractivity contribution in [3.05, 3.63) is 0 Å². The van der Waals surface area contributed by atoms with Crippen molar-refractivity contribution in [1.82, 2.24) is 0 Å². The highest BCUT2D eigenvalue weighted by molar-refractivity contribution is 8.14. The van der Waals surface area contributed by atoms with Crippen LogP contribution in [0.25, 0.3) is 0 Å². The third-order valence-electron chi connectivity index (χ3n) is 1.35. The lowest BCUT2D eigenvalue weighted by Gasteiger charge is -2.27. The molecule has 0 unspecified atom stereocenters. The Balaban J connectivity index is 0. The molecule has 0 aromatic carbocycles. The molecule has 0 rings (SSSR count). The molecule has 0 aromatic heterocycles. The summed E-state index contributed by atoms with van der Waals surface area (Å²) in [6.45, 7) is 3.09. The summed E-state index contributed by atoms with van der Waals surface area (Å²) in [4.78, 5) is 0. The van der Waals surface area contributed by atoms with Crippen LogP contribution >= 0.6 is 13.4 Å². The molecular weight excluding hydrogens is 318 g/mol. The molecule has 0 aliphatic carbocycles. The molecule has 0 heterocycles. The van der Waals surface area contributed by atoms with E-state index in [1.54, 1.807) is 0 Å². The molecule has 0 aliphatic heterocycles. The van der Waals surface area contributed by atoms with Gasteiger partial charge in [0.25, 0.3) is 0 Å². The first-order valence-electron chi connectivity index (χ1n) is 5.44. The van der Waals surface area contributed by atoms with E-state index < -0.39 is 13.4 Å². The lowest BCUT2D eigenvalue weighted by molar-refractivity contribution is 0.176. The monoisotopic (exact) mass is 340 g/mol. The second-order valence-electron chi connectivity index (χ2n) is 2.65. The summed E-state index contributed by atoms with van der Waals surface area (Å²) in [5, 5.41) is 0. The first kappa shape index (κ1) is 21.4. The van der Waals surface area contributed by atoms with E-state index in [2.05, 4.69) is 0 Å². The summed E-state index contributed by atoms with van der Waals surface area (Å²) in [6, 6.07) is 0. The van der Waals surface area contributed by atoms with Gasteiger partial charge in [-0.1, -0.05) is 0 Å².